The quantitative estimate of drug-likeness (QED) is 0.647. The van der Waals surface area contributed by atoms with Gasteiger partial charge in [-0.25, -0.2) is 4.98 Å². The van der Waals surface area contributed by atoms with Crippen LogP contribution in [0.4, 0.5) is 5.82 Å². The minimum Gasteiger partial charge on any atom is -0.501 e. The van der Waals surface area contributed by atoms with Gasteiger partial charge in [-0.05, 0) is 42.3 Å². The number of anilines is 1. The highest BCUT2D eigenvalue weighted by Gasteiger charge is 2.14. The van der Waals surface area contributed by atoms with Gasteiger partial charge < -0.3 is 14.4 Å². The number of allylic oxidation sites excluding steroid dienone is 4. The molecule has 1 saturated heterocycles. The number of pyridine rings is 1. The lowest BCUT2D eigenvalue weighted by atomic mass is 10.1. The summed E-state index contributed by atoms with van der Waals surface area (Å²) in [5.41, 5.74) is 3.64. The molecule has 158 valence electrons. The molecule has 0 radical (unpaired) electrons. The molecule has 0 aromatic carbocycles. The average molecular weight is 416 g/mol. The van der Waals surface area contributed by atoms with Crippen LogP contribution in [0.25, 0.3) is 16.9 Å². The van der Waals surface area contributed by atoms with E-state index in [1.165, 1.54) is 0 Å². The Morgan fingerprint density at radius 2 is 1.94 bits per heavy atom. The van der Waals surface area contributed by atoms with Gasteiger partial charge in [-0.1, -0.05) is 18.2 Å². The van der Waals surface area contributed by atoms with E-state index in [0.29, 0.717) is 13.0 Å². The van der Waals surface area contributed by atoms with Gasteiger partial charge in [-0.15, -0.1) is 10.2 Å². The molecule has 8 heteroatoms. The molecule has 3 aromatic heterocycles. The Kier molecular flexibility index (Phi) is 5.70. The Hall–Kier alpha value is -3.52. The van der Waals surface area contributed by atoms with Crippen LogP contribution in [0.3, 0.4) is 0 Å². The fraction of sp³-hybridized carbons (Fsp3) is 0.304. The Labute approximate surface area is 180 Å². The summed E-state index contributed by atoms with van der Waals surface area (Å²) < 4.78 is 12.6. The molecule has 0 spiro atoms. The fourth-order valence-corrected chi connectivity index (χ4v) is 3.63. The molecular formula is C23H24N6O2. The molecule has 0 saturated carbocycles. The first-order valence-electron chi connectivity index (χ1n) is 10.5. The topological polar surface area (TPSA) is 77.7 Å². The van der Waals surface area contributed by atoms with Crippen molar-refractivity contribution in [3.05, 3.63) is 72.4 Å². The first-order chi connectivity index (χ1) is 15.4. The summed E-state index contributed by atoms with van der Waals surface area (Å²) in [7, 11) is 0. The van der Waals surface area contributed by atoms with E-state index in [2.05, 4.69) is 38.3 Å². The highest BCUT2D eigenvalue weighted by atomic mass is 16.5. The Morgan fingerprint density at radius 1 is 1.00 bits per heavy atom. The maximum Gasteiger partial charge on any atom is 0.177 e. The van der Waals surface area contributed by atoms with Crippen LogP contribution in [-0.4, -0.2) is 57.7 Å². The third kappa shape index (κ3) is 4.49. The van der Waals surface area contributed by atoms with Crippen molar-refractivity contribution in [2.45, 2.75) is 12.8 Å². The molecule has 8 nitrogen and oxygen atoms in total. The first kappa shape index (κ1) is 19.4. The zero-order chi connectivity index (χ0) is 20.9. The third-order valence-electron chi connectivity index (χ3n) is 5.29. The number of hydrogen-bond donors (Lipinski definition) is 0. The van der Waals surface area contributed by atoms with Gasteiger partial charge >= 0.3 is 0 Å². The molecule has 31 heavy (non-hydrogen) atoms. The van der Waals surface area contributed by atoms with E-state index < -0.39 is 0 Å². The maximum absolute atomic E-state index is 5.42. The molecule has 5 rings (SSSR count). The van der Waals surface area contributed by atoms with Crippen LogP contribution in [0.15, 0.2) is 66.6 Å². The number of rotatable bonds is 4. The van der Waals surface area contributed by atoms with Gasteiger partial charge in [0.15, 0.2) is 11.5 Å². The van der Waals surface area contributed by atoms with Crippen molar-refractivity contribution in [1.82, 2.24) is 24.8 Å². The molecule has 0 atom stereocenters. The second-order valence-corrected chi connectivity index (χ2v) is 7.42. The van der Waals surface area contributed by atoms with Crippen LogP contribution < -0.4 is 4.90 Å². The summed E-state index contributed by atoms with van der Waals surface area (Å²) in [6.45, 7) is 3.91. The lowest BCUT2D eigenvalue weighted by molar-refractivity contribution is 0.122. The summed E-state index contributed by atoms with van der Waals surface area (Å²) in [5.74, 6) is 1.76. The Morgan fingerprint density at radius 3 is 2.81 bits per heavy atom. The van der Waals surface area contributed by atoms with E-state index in [9.17, 15) is 0 Å². The smallest absolute Gasteiger partial charge is 0.177 e. The van der Waals surface area contributed by atoms with Gasteiger partial charge in [0, 0.05) is 31.3 Å². The van der Waals surface area contributed by atoms with Gasteiger partial charge in [0.05, 0.1) is 31.8 Å². The van der Waals surface area contributed by atoms with Gasteiger partial charge in [0.2, 0.25) is 0 Å². The van der Waals surface area contributed by atoms with Gasteiger partial charge in [-0.2, -0.15) is 9.61 Å². The molecule has 0 bridgehead atoms. The predicted octanol–water partition coefficient (Wildman–Crippen LogP) is 2.98. The number of morpholine rings is 1. The summed E-state index contributed by atoms with van der Waals surface area (Å²) in [4.78, 5) is 6.88. The molecule has 5 heterocycles. The van der Waals surface area contributed by atoms with E-state index in [1.807, 2.05) is 41.1 Å². The van der Waals surface area contributed by atoms with E-state index >= 15 is 0 Å². The second kappa shape index (κ2) is 9.09. The molecule has 0 amide bonds. The van der Waals surface area contributed by atoms with Crippen LogP contribution in [0, 0.1) is 0 Å². The second-order valence-electron chi connectivity index (χ2n) is 7.42. The monoisotopic (exact) mass is 416 g/mol. The van der Waals surface area contributed by atoms with E-state index in [0.717, 1.165) is 66.8 Å². The fourth-order valence-electron chi connectivity index (χ4n) is 3.63. The average Bonchev–Trinajstić information content (AvgIpc) is 3.28. The molecule has 0 N–H and O–H groups in total. The van der Waals surface area contributed by atoms with Crippen molar-refractivity contribution in [3.8, 4) is 11.3 Å². The molecule has 2 aliphatic rings. The van der Waals surface area contributed by atoms with Gasteiger partial charge in [0.1, 0.15) is 5.82 Å². The van der Waals surface area contributed by atoms with Crippen LogP contribution >= 0.6 is 0 Å². The van der Waals surface area contributed by atoms with Gasteiger partial charge in [0.25, 0.3) is 0 Å². The minimum absolute atomic E-state index is 0.632. The van der Waals surface area contributed by atoms with Crippen molar-refractivity contribution in [1.29, 1.82) is 0 Å². The van der Waals surface area contributed by atoms with Crippen molar-refractivity contribution in [2.24, 2.45) is 0 Å². The minimum atomic E-state index is 0.632. The highest BCUT2D eigenvalue weighted by Crippen LogP contribution is 2.21. The van der Waals surface area contributed by atoms with Crippen LogP contribution in [0.5, 0.6) is 0 Å². The standard InChI is InChI=1S/C23H24N6O2/c1-2-12-30-13-3-5-18(4-1)16-23-26-25-22-9-7-20(27-29(22)23)19-6-8-21(24-17-19)28-10-14-31-15-11-28/h1,3-9,13,17H,2,10-12,14-16H2/b4-1+,13-3?,18-5?. The number of ether oxygens (including phenoxy) is 2. The Bertz CT molecular complexity index is 1130. The lowest BCUT2D eigenvalue weighted by Gasteiger charge is -2.27. The summed E-state index contributed by atoms with van der Waals surface area (Å²) in [6.07, 6.45) is 13.3. The van der Waals surface area contributed by atoms with Crippen LogP contribution in [-0.2, 0) is 15.9 Å². The highest BCUT2D eigenvalue weighted by molar-refractivity contribution is 5.61. The SMILES string of the molecule is C1=COCC/C=C/C(Cc2nnc3ccc(-c4ccc(N5CCOCC5)nc4)nn23)=C1. The summed E-state index contributed by atoms with van der Waals surface area (Å²) >= 11 is 0. The zero-order valence-corrected chi connectivity index (χ0v) is 17.2. The van der Waals surface area contributed by atoms with E-state index in [4.69, 9.17) is 14.6 Å². The zero-order valence-electron chi connectivity index (χ0n) is 17.2. The third-order valence-corrected chi connectivity index (χ3v) is 5.29. The number of hydrogen-bond acceptors (Lipinski definition) is 7. The van der Waals surface area contributed by atoms with Crippen molar-refractivity contribution in [3.63, 3.8) is 0 Å². The van der Waals surface area contributed by atoms with Crippen LogP contribution in [0.1, 0.15) is 12.2 Å². The van der Waals surface area contributed by atoms with E-state index in [-0.39, 0.29) is 0 Å². The van der Waals surface area contributed by atoms with Crippen LogP contribution in [0.2, 0.25) is 0 Å². The maximum atomic E-state index is 5.42. The van der Waals surface area contributed by atoms with Crippen molar-refractivity contribution < 1.29 is 9.47 Å². The normalized spacial score (nSPS) is 18.1. The molecular weight excluding hydrogens is 392 g/mol. The largest absolute Gasteiger partial charge is 0.501 e. The molecule has 3 aromatic rings. The molecule has 0 aliphatic carbocycles. The number of fused-ring (bicyclic) bond motifs is 1. The molecule has 2 aliphatic heterocycles. The lowest BCUT2D eigenvalue weighted by Crippen LogP contribution is -2.36. The van der Waals surface area contributed by atoms with E-state index in [1.54, 1.807) is 6.26 Å². The van der Waals surface area contributed by atoms with Crippen molar-refractivity contribution >= 4 is 11.5 Å². The Balaban J connectivity index is 1.40. The van der Waals surface area contributed by atoms with Crippen molar-refractivity contribution in [2.75, 3.05) is 37.8 Å². The first-order valence-corrected chi connectivity index (χ1v) is 10.5. The predicted molar refractivity (Wildman–Crippen MR) is 118 cm³/mol. The summed E-state index contributed by atoms with van der Waals surface area (Å²) in [5, 5.41) is 13.4. The molecule has 1 fully saturated rings. The molecule has 0 unspecified atom stereocenters. The number of nitrogens with zero attached hydrogens (tertiary/aromatic N) is 6. The summed E-state index contributed by atoms with van der Waals surface area (Å²) in [6, 6.07) is 8.00. The van der Waals surface area contributed by atoms with Gasteiger partial charge in [-0.3, -0.25) is 0 Å². The number of aromatic nitrogens is 5.